The topological polar surface area (TPSA) is 61.1 Å². The molecule has 1 unspecified atom stereocenters. The molecule has 0 saturated heterocycles. The monoisotopic (exact) mass is 287 g/mol. The number of halogens is 2. The van der Waals surface area contributed by atoms with Gasteiger partial charge >= 0.3 is 5.97 Å². The maximum absolute atomic E-state index is 9.91. The molecular formula is C6H11Br2NO2. The van der Waals surface area contributed by atoms with Crippen LogP contribution in [-0.4, -0.2) is 11.1 Å². The molecule has 0 fully saturated rings. The summed E-state index contributed by atoms with van der Waals surface area (Å²) in [5.74, 6) is -0.974. The van der Waals surface area contributed by atoms with Crippen molar-refractivity contribution in [3.63, 3.8) is 0 Å². The summed E-state index contributed by atoms with van der Waals surface area (Å²) in [6.45, 7) is 1.71. The SMILES string of the molecule is Br.Br.CC(C#N)CCC(=O)O. The maximum atomic E-state index is 9.91. The van der Waals surface area contributed by atoms with E-state index in [2.05, 4.69) is 0 Å². The van der Waals surface area contributed by atoms with Crippen LogP contribution in [0.2, 0.25) is 0 Å². The second-order valence-corrected chi connectivity index (χ2v) is 1.96. The van der Waals surface area contributed by atoms with Crippen molar-refractivity contribution < 1.29 is 9.90 Å². The third-order valence-corrected chi connectivity index (χ3v) is 1.01. The van der Waals surface area contributed by atoms with Gasteiger partial charge in [0.1, 0.15) is 0 Å². The highest BCUT2D eigenvalue weighted by atomic mass is 79.9. The molecule has 1 atom stereocenters. The first-order chi connectivity index (χ1) is 4.16. The minimum Gasteiger partial charge on any atom is -0.481 e. The molecule has 3 nitrogen and oxygen atoms in total. The zero-order valence-corrected chi connectivity index (χ0v) is 9.54. The van der Waals surface area contributed by atoms with E-state index in [9.17, 15) is 4.79 Å². The Labute approximate surface area is 86.9 Å². The molecule has 0 heterocycles. The van der Waals surface area contributed by atoms with Crippen molar-refractivity contribution in [2.75, 3.05) is 0 Å². The first-order valence-electron chi connectivity index (χ1n) is 2.78. The summed E-state index contributed by atoms with van der Waals surface area (Å²) in [5, 5.41) is 16.4. The quantitative estimate of drug-likeness (QED) is 0.866. The van der Waals surface area contributed by atoms with E-state index < -0.39 is 5.97 Å². The van der Waals surface area contributed by atoms with E-state index >= 15 is 0 Å². The van der Waals surface area contributed by atoms with Gasteiger partial charge in [0.25, 0.3) is 0 Å². The third kappa shape index (κ3) is 13.0. The first-order valence-corrected chi connectivity index (χ1v) is 2.78. The number of nitrogens with zero attached hydrogens (tertiary/aromatic N) is 1. The van der Waals surface area contributed by atoms with E-state index in [4.69, 9.17) is 10.4 Å². The second-order valence-electron chi connectivity index (χ2n) is 1.96. The lowest BCUT2D eigenvalue weighted by molar-refractivity contribution is -0.137. The summed E-state index contributed by atoms with van der Waals surface area (Å²) < 4.78 is 0. The molecule has 0 amide bonds. The van der Waals surface area contributed by atoms with Crippen LogP contribution in [0.25, 0.3) is 0 Å². The molecule has 0 aliphatic carbocycles. The van der Waals surface area contributed by atoms with Crippen LogP contribution in [0.15, 0.2) is 0 Å². The third-order valence-electron chi connectivity index (χ3n) is 1.01. The zero-order valence-electron chi connectivity index (χ0n) is 6.11. The van der Waals surface area contributed by atoms with Gasteiger partial charge in [-0.2, -0.15) is 5.26 Å². The number of carboxylic acids is 1. The van der Waals surface area contributed by atoms with Gasteiger partial charge in [-0.3, -0.25) is 4.79 Å². The van der Waals surface area contributed by atoms with Crippen LogP contribution in [0, 0.1) is 17.2 Å². The highest BCUT2D eigenvalue weighted by molar-refractivity contribution is 8.93. The van der Waals surface area contributed by atoms with Gasteiger partial charge in [-0.25, -0.2) is 0 Å². The predicted octanol–water partition coefficient (Wildman–Crippen LogP) is 2.17. The number of rotatable bonds is 3. The summed E-state index contributed by atoms with van der Waals surface area (Å²) in [5.41, 5.74) is 0. The molecular weight excluding hydrogens is 278 g/mol. The van der Waals surface area contributed by atoms with Gasteiger partial charge in [0.2, 0.25) is 0 Å². The fraction of sp³-hybridized carbons (Fsp3) is 0.667. The Bertz CT molecular complexity index is 144. The molecule has 0 aromatic rings. The molecule has 0 aliphatic rings. The summed E-state index contributed by atoms with van der Waals surface area (Å²) in [4.78, 5) is 9.91. The van der Waals surface area contributed by atoms with E-state index in [-0.39, 0.29) is 46.3 Å². The van der Waals surface area contributed by atoms with Gasteiger partial charge in [-0.15, -0.1) is 34.0 Å². The highest BCUT2D eigenvalue weighted by Crippen LogP contribution is 2.02. The first kappa shape index (κ1) is 17.1. The number of carboxylic acid groups (broad SMARTS) is 1. The molecule has 1 N–H and O–H groups in total. The van der Waals surface area contributed by atoms with Crippen molar-refractivity contribution in [1.82, 2.24) is 0 Å². The Hall–Kier alpha value is -0.0800. The van der Waals surface area contributed by atoms with E-state index in [0.29, 0.717) is 6.42 Å². The summed E-state index contributed by atoms with van der Waals surface area (Å²) >= 11 is 0. The van der Waals surface area contributed by atoms with Crippen LogP contribution < -0.4 is 0 Å². The lowest BCUT2D eigenvalue weighted by Crippen LogP contribution is -1.98. The van der Waals surface area contributed by atoms with Gasteiger partial charge in [-0.05, 0) is 13.3 Å². The molecule has 0 rings (SSSR count). The van der Waals surface area contributed by atoms with Crippen molar-refractivity contribution in [3.8, 4) is 6.07 Å². The lowest BCUT2D eigenvalue weighted by Gasteiger charge is -1.95. The molecule has 5 heteroatoms. The fourth-order valence-electron chi connectivity index (χ4n) is 0.405. The summed E-state index contributed by atoms with van der Waals surface area (Å²) in [6.07, 6.45) is 0.542. The van der Waals surface area contributed by atoms with Crippen LogP contribution in [-0.2, 0) is 4.79 Å². The second kappa shape index (κ2) is 9.92. The Morgan fingerprint density at radius 2 is 2.09 bits per heavy atom. The Morgan fingerprint density at radius 1 is 1.64 bits per heavy atom. The van der Waals surface area contributed by atoms with Gasteiger partial charge < -0.3 is 5.11 Å². The van der Waals surface area contributed by atoms with Crippen LogP contribution in [0.3, 0.4) is 0 Å². The normalized spacial score (nSPS) is 9.82. The Morgan fingerprint density at radius 3 is 2.36 bits per heavy atom. The average molecular weight is 289 g/mol. The van der Waals surface area contributed by atoms with Crippen molar-refractivity contribution in [1.29, 1.82) is 5.26 Å². The minimum atomic E-state index is -0.836. The van der Waals surface area contributed by atoms with Gasteiger partial charge in [0.05, 0.1) is 6.07 Å². The number of carbonyl (C=O) groups is 1. The molecule has 66 valence electrons. The molecule has 0 spiro atoms. The number of nitriles is 1. The summed E-state index contributed by atoms with van der Waals surface area (Å²) in [7, 11) is 0. The van der Waals surface area contributed by atoms with Crippen LogP contribution in [0.4, 0.5) is 0 Å². The van der Waals surface area contributed by atoms with Gasteiger partial charge in [-0.1, -0.05) is 0 Å². The fourth-order valence-corrected chi connectivity index (χ4v) is 0.405. The van der Waals surface area contributed by atoms with E-state index in [1.54, 1.807) is 6.92 Å². The van der Waals surface area contributed by atoms with E-state index in [1.165, 1.54) is 0 Å². The molecule has 11 heavy (non-hydrogen) atoms. The molecule has 0 aromatic carbocycles. The smallest absolute Gasteiger partial charge is 0.303 e. The molecule has 0 bridgehead atoms. The lowest BCUT2D eigenvalue weighted by atomic mass is 10.1. The largest absolute Gasteiger partial charge is 0.481 e. The van der Waals surface area contributed by atoms with Crippen LogP contribution in [0.1, 0.15) is 19.8 Å². The summed E-state index contributed by atoms with van der Waals surface area (Å²) in [6, 6.07) is 1.96. The molecule has 0 aromatic heterocycles. The van der Waals surface area contributed by atoms with Gasteiger partial charge in [0.15, 0.2) is 0 Å². The van der Waals surface area contributed by atoms with Crippen molar-refractivity contribution in [2.24, 2.45) is 5.92 Å². The standard InChI is InChI=1S/C6H9NO2.2BrH/c1-5(4-7)2-3-6(8)9;;/h5H,2-3H2,1H3,(H,8,9);2*1H. The van der Waals surface area contributed by atoms with E-state index in [0.717, 1.165) is 0 Å². The van der Waals surface area contributed by atoms with Crippen molar-refractivity contribution in [2.45, 2.75) is 19.8 Å². The molecule has 0 saturated carbocycles. The minimum absolute atomic E-state index is 0. The van der Waals surface area contributed by atoms with Crippen LogP contribution in [0.5, 0.6) is 0 Å². The number of hydrogen-bond acceptors (Lipinski definition) is 2. The van der Waals surface area contributed by atoms with E-state index in [1.807, 2.05) is 6.07 Å². The number of aliphatic carboxylic acids is 1. The molecule has 0 radical (unpaired) electrons. The van der Waals surface area contributed by atoms with Crippen LogP contribution >= 0.6 is 34.0 Å². The Kier molecular flexibility index (Phi) is 15.4. The number of hydrogen-bond donors (Lipinski definition) is 1. The zero-order chi connectivity index (χ0) is 7.28. The van der Waals surface area contributed by atoms with Crippen molar-refractivity contribution >= 4 is 39.9 Å². The maximum Gasteiger partial charge on any atom is 0.303 e. The predicted molar refractivity (Wildman–Crippen MR) is 52.3 cm³/mol. The van der Waals surface area contributed by atoms with Gasteiger partial charge in [0, 0.05) is 12.3 Å². The van der Waals surface area contributed by atoms with Crippen molar-refractivity contribution in [3.05, 3.63) is 0 Å². The average Bonchev–Trinajstić information content (AvgIpc) is 1.83. The Balaban J connectivity index is -0.000000320. The molecule has 0 aliphatic heterocycles. The highest BCUT2D eigenvalue weighted by Gasteiger charge is 2.02.